The fraction of sp³-hybridized carbons (Fsp3) is 0.467. The van der Waals surface area contributed by atoms with E-state index >= 15 is 0 Å². The van der Waals surface area contributed by atoms with E-state index in [0.29, 0.717) is 5.56 Å². The van der Waals surface area contributed by atoms with Crippen molar-refractivity contribution in [2.24, 2.45) is 5.73 Å². The van der Waals surface area contributed by atoms with Crippen molar-refractivity contribution in [3.05, 3.63) is 29.3 Å². The molecule has 0 atom stereocenters. The number of nitrogens with one attached hydrogen (secondary N) is 1. The number of benzene rings is 1. The molecule has 2 rings (SSSR count). The molecule has 0 spiro atoms. The number of carbonyl (C=O) groups is 2. The Morgan fingerprint density at radius 1 is 1.35 bits per heavy atom. The fourth-order valence-corrected chi connectivity index (χ4v) is 3.01. The molecule has 1 aromatic carbocycles. The number of rotatable bonds is 5. The summed E-state index contributed by atoms with van der Waals surface area (Å²) in [4.78, 5) is 22.3. The summed E-state index contributed by atoms with van der Waals surface area (Å²) in [6.07, 6.45) is 3.91. The number of aryl methyl sites for hydroxylation is 1. The second-order valence-corrected chi connectivity index (χ2v) is 5.58. The van der Waals surface area contributed by atoms with Gasteiger partial charge in [0.25, 0.3) is 0 Å². The van der Waals surface area contributed by atoms with E-state index in [2.05, 4.69) is 5.32 Å². The van der Waals surface area contributed by atoms with Crippen LogP contribution < -0.4 is 11.1 Å². The molecule has 0 radical (unpaired) electrons. The van der Waals surface area contributed by atoms with Crippen LogP contribution in [0.4, 0.5) is 5.69 Å². The molecule has 1 aromatic rings. The molecule has 0 heterocycles. The van der Waals surface area contributed by atoms with Crippen LogP contribution in [0.25, 0.3) is 0 Å². The number of carboxylic acid groups (broad SMARTS) is 1. The Morgan fingerprint density at radius 3 is 2.50 bits per heavy atom. The van der Waals surface area contributed by atoms with Gasteiger partial charge in [0.1, 0.15) is 0 Å². The van der Waals surface area contributed by atoms with Crippen molar-refractivity contribution in [2.75, 3.05) is 5.32 Å². The van der Waals surface area contributed by atoms with Gasteiger partial charge < -0.3 is 16.2 Å². The number of anilines is 1. The topological polar surface area (TPSA) is 92.4 Å². The lowest BCUT2D eigenvalue weighted by molar-refractivity contribution is -0.138. The number of amides is 1. The van der Waals surface area contributed by atoms with Crippen molar-refractivity contribution in [3.63, 3.8) is 0 Å². The van der Waals surface area contributed by atoms with E-state index in [0.717, 1.165) is 36.9 Å². The lowest BCUT2D eigenvalue weighted by atomic mass is 9.92. The zero-order chi connectivity index (χ0) is 14.8. The summed E-state index contributed by atoms with van der Waals surface area (Å²) >= 11 is 0. The highest BCUT2D eigenvalue weighted by Gasteiger charge is 2.36. The standard InChI is InChI=1S/C15H20N2O3/c1-10-8-11(4-5-12(10)14(16)20)17-15(9-13(18)19)6-2-3-7-15/h4-5,8,17H,2-3,6-7,9H2,1H3,(H2,16,20)(H,18,19). The Balaban J connectivity index is 2.21. The average Bonchev–Trinajstić information content (AvgIpc) is 2.75. The van der Waals surface area contributed by atoms with E-state index in [9.17, 15) is 9.59 Å². The second-order valence-electron chi connectivity index (χ2n) is 5.58. The summed E-state index contributed by atoms with van der Waals surface area (Å²) in [6, 6.07) is 5.32. The Labute approximate surface area is 118 Å². The minimum absolute atomic E-state index is 0.115. The molecule has 20 heavy (non-hydrogen) atoms. The van der Waals surface area contributed by atoms with E-state index in [1.165, 1.54) is 0 Å². The quantitative estimate of drug-likeness (QED) is 0.769. The van der Waals surface area contributed by atoms with Gasteiger partial charge in [-0.25, -0.2) is 0 Å². The first-order valence-electron chi connectivity index (χ1n) is 6.82. The monoisotopic (exact) mass is 276 g/mol. The number of carboxylic acids is 1. The van der Waals surface area contributed by atoms with Gasteiger partial charge in [0.15, 0.2) is 0 Å². The second kappa shape index (κ2) is 5.53. The predicted octanol–water partition coefficient (Wildman–Crippen LogP) is 2.29. The van der Waals surface area contributed by atoms with E-state index in [1.807, 2.05) is 13.0 Å². The Bertz CT molecular complexity index is 534. The average molecular weight is 276 g/mol. The van der Waals surface area contributed by atoms with Crippen molar-refractivity contribution >= 4 is 17.6 Å². The van der Waals surface area contributed by atoms with Crippen molar-refractivity contribution < 1.29 is 14.7 Å². The molecular formula is C15H20N2O3. The summed E-state index contributed by atoms with van der Waals surface area (Å²) in [5.74, 6) is -1.24. The molecule has 5 heteroatoms. The number of carbonyl (C=O) groups excluding carboxylic acids is 1. The molecule has 4 N–H and O–H groups in total. The minimum Gasteiger partial charge on any atom is -0.481 e. The lowest BCUT2D eigenvalue weighted by Gasteiger charge is -2.30. The first-order chi connectivity index (χ1) is 9.42. The van der Waals surface area contributed by atoms with Crippen LogP contribution in [0.5, 0.6) is 0 Å². The van der Waals surface area contributed by atoms with E-state index < -0.39 is 11.9 Å². The normalized spacial score (nSPS) is 16.9. The summed E-state index contributed by atoms with van der Waals surface area (Å²) in [5, 5.41) is 12.4. The molecule has 0 unspecified atom stereocenters. The molecule has 1 amide bonds. The van der Waals surface area contributed by atoms with Crippen LogP contribution in [-0.2, 0) is 4.79 Å². The Hall–Kier alpha value is -2.04. The van der Waals surface area contributed by atoms with Crippen molar-refractivity contribution in [1.29, 1.82) is 0 Å². The highest BCUT2D eigenvalue weighted by Crippen LogP contribution is 2.36. The molecule has 1 fully saturated rings. The first-order valence-corrected chi connectivity index (χ1v) is 6.82. The third-order valence-corrected chi connectivity index (χ3v) is 3.95. The molecule has 0 aliphatic heterocycles. The SMILES string of the molecule is Cc1cc(NC2(CC(=O)O)CCCC2)ccc1C(N)=O. The van der Waals surface area contributed by atoms with Crippen molar-refractivity contribution in [3.8, 4) is 0 Å². The van der Waals surface area contributed by atoms with Crippen molar-refractivity contribution in [2.45, 2.75) is 44.6 Å². The Morgan fingerprint density at radius 2 is 2.00 bits per heavy atom. The van der Waals surface area contributed by atoms with Gasteiger partial charge in [0.2, 0.25) is 5.91 Å². The van der Waals surface area contributed by atoms with Crippen molar-refractivity contribution in [1.82, 2.24) is 0 Å². The third-order valence-electron chi connectivity index (χ3n) is 3.95. The minimum atomic E-state index is -0.787. The summed E-state index contributed by atoms with van der Waals surface area (Å²) in [7, 11) is 0. The number of hydrogen-bond acceptors (Lipinski definition) is 3. The van der Waals surface area contributed by atoms with Crippen LogP contribution >= 0.6 is 0 Å². The van der Waals surface area contributed by atoms with E-state index in [-0.39, 0.29) is 12.0 Å². The van der Waals surface area contributed by atoms with Gasteiger partial charge in [0.05, 0.1) is 6.42 Å². The molecule has 1 aliphatic carbocycles. The largest absolute Gasteiger partial charge is 0.481 e. The van der Waals surface area contributed by atoms with E-state index in [4.69, 9.17) is 10.8 Å². The Kier molecular flexibility index (Phi) is 3.97. The zero-order valence-corrected chi connectivity index (χ0v) is 11.6. The number of primary amides is 1. The smallest absolute Gasteiger partial charge is 0.305 e. The fourth-order valence-electron chi connectivity index (χ4n) is 3.01. The van der Waals surface area contributed by atoms with Crippen LogP contribution in [0.2, 0.25) is 0 Å². The van der Waals surface area contributed by atoms with Gasteiger partial charge in [-0.3, -0.25) is 9.59 Å². The highest BCUT2D eigenvalue weighted by atomic mass is 16.4. The zero-order valence-electron chi connectivity index (χ0n) is 11.6. The van der Waals surface area contributed by atoms with Gasteiger partial charge in [-0.2, -0.15) is 0 Å². The summed E-state index contributed by atoms with van der Waals surface area (Å²) < 4.78 is 0. The number of hydrogen-bond donors (Lipinski definition) is 3. The van der Waals surface area contributed by atoms with Crippen LogP contribution in [0.3, 0.4) is 0 Å². The van der Waals surface area contributed by atoms with Gasteiger partial charge in [-0.15, -0.1) is 0 Å². The van der Waals surface area contributed by atoms with Gasteiger partial charge in [0, 0.05) is 16.8 Å². The van der Waals surface area contributed by atoms with Crippen LogP contribution in [0.1, 0.15) is 48.0 Å². The van der Waals surface area contributed by atoms with Gasteiger partial charge in [-0.1, -0.05) is 12.8 Å². The third kappa shape index (κ3) is 3.10. The van der Waals surface area contributed by atoms with E-state index in [1.54, 1.807) is 12.1 Å². The molecule has 0 aromatic heterocycles. The van der Waals surface area contributed by atoms with Crippen LogP contribution in [-0.4, -0.2) is 22.5 Å². The molecular weight excluding hydrogens is 256 g/mol. The lowest BCUT2D eigenvalue weighted by Crippen LogP contribution is -2.37. The number of nitrogens with two attached hydrogens (primary N) is 1. The molecule has 0 bridgehead atoms. The maximum atomic E-state index is 11.2. The van der Waals surface area contributed by atoms with Gasteiger partial charge in [-0.05, 0) is 43.5 Å². The maximum Gasteiger partial charge on any atom is 0.305 e. The van der Waals surface area contributed by atoms with Crippen LogP contribution in [0.15, 0.2) is 18.2 Å². The predicted molar refractivity (Wildman–Crippen MR) is 76.8 cm³/mol. The summed E-state index contributed by atoms with van der Waals surface area (Å²) in [6.45, 7) is 1.82. The molecule has 5 nitrogen and oxygen atoms in total. The maximum absolute atomic E-state index is 11.2. The molecule has 1 saturated carbocycles. The molecule has 108 valence electrons. The van der Waals surface area contributed by atoms with Crippen LogP contribution in [0, 0.1) is 6.92 Å². The van der Waals surface area contributed by atoms with Gasteiger partial charge >= 0.3 is 5.97 Å². The number of aliphatic carboxylic acids is 1. The molecule has 0 saturated heterocycles. The highest BCUT2D eigenvalue weighted by molar-refractivity contribution is 5.94. The first kappa shape index (κ1) is 14.4. The summed E-state index contributed by atoms with van der Waals surface area (Å²) in [5.41, 5.74) is 7.05. The molecule has 1 aliphatic rings.